The topological polar surface area (TPSA) is 57.8 Å². The standard InChI is InChI=1S/C14H16FN3O/c1-2-3-12-9-13(18-17-12)16-14(19)8-10-4-6-11(15)7-5-10/h4-7,9H,2-3,8H2,1H3,(H2,16,17,18,19). The lowest BCUT2D eigenvalue weighted by atomic mass is 10.1. The van der Waals surface area contributed by atoms with Crippen LogP contribution in [0.25, 0.3) is 0 Å². The molecule has 0 aliphatic carbocycles. The zero-order chi connectivity index (χ0) is 13.7. The first-order chi connectivity index (χ1) is 9.17. The molecule has 2 aromatic rings. The molecular weight excluding hydrogens is 245 g/mol. The summed E-state index contributed by atoms with van der Waals surface area (Å²) in [6.45, 7) is 2.08. The second kappa shape index (κ2) is 6.13. The molecule has 0 atom stereocenters. The number of nitrogens with one attached hydrogen (secondary N) is 2. The van der Waals surface area contributed by atoms with Crippen LogP contribution in [0.4, 0.5) is 10.2 Å². The number of amides is 1. The van der Waals surface area contributed by atoms with Crippen molar-refractivity contribution in [1.82, 2.24) is 10.2 Å². The number of hydrogen-bond acceptors (Lipinski definition) is 2. The van der Waals surface area contributed by atoms with Crippen LogP contribution in [0.2, 0.25) is 0 Å². The van der Waals surface area contributed by atoms with Crippen molar-refractivity contribution < 1.29 is 9.18 Å². The quantitative estimate of drug-likeness (QED) is 0.869. The molecular formula is C14H16FN3O. The van der Waals surface area contributed by atoms with Gasteiger partial charge in [-0.3, -0.25) is 9.89 Å². The van der Waals surface area contributed by atoms with Gasteiger partial charge >= 0.3 is 0 Å². The molecule has 4 nitrogen and oxygen atoms in total. The molecule has 1 heterocycles. The first-order valence-electron chi connectivity index (χ1n) is 6.26. The minimum atomic E-state index is -0.305. The molecule has 0 radical (unpaired) electrons. The van der Waals surface area contributed by atoms with E-state index in [1.54, 1.807) is 12.1 Å². The predicted octanol–water partition coefficient (Wildman–Crippen LogP) is 2.68. The van der Waals surface area contributed by atoms with Crippen LogP contribution in [0.15, 0.2) is 30.3 Å². The van der Waals surface area contributed by atoms with Gasteiger partial charge in [-0.15, -0.1) is 0 Å². The number of aryl methyl sites for hydroxylation is 1. The molecule has 0 aliphatic heterocycles. The van der Waals surface area contributed by atoms with Crippen molar-refractivity contribution in [2.24, 2.45) is 0 Å². The number of aromatic nitrogens is 2. The first kappa shape index (κ1) is 13.3. The van der Waals surface area contributed by atoms with Crippen molar-refractivity contribution in [2.45, 2.75) is 26.2 Å². The molecule has 0 saturated carbocycles. The van der Waals surface area contributed by atoms with Crippen LogP contribution in [-0.2, 0) is 17.6 Å². The van der Waals surface area contributed by atoms with Crippen LogP contribution in [0, 0.1) is 5.82 Å². The van der Waals surface area contributed by atoms with Crippen LogP contribution in [0.1, 0.15) is 24.6 Å². The molecule has 0 bridgehead atoms. The number of hydrogen-bond donors (Lipinski definition) is 2. The molecule has 19 heavy (non-hydrogen) atoms. The van der Waals surface area contributed by atoms with Gasteiger partial charge in [0.25, 0.3) is 0 Å². The van der Waals surface area contributed by atoms with E-state index in [0.717, 1.165) is 24.1 Å². The molecule has 0 spiro atoms. The monoisotopic (exact) mass is 261 g/mol. The summed E-state index contributed by atoms with van der Waals surface area (Å²) in [5.41, 5.74) is 1.77. The second-order valence-electron chi connectivity index (χ2n) is 4.38. The maximum absolute atomic E-state index is 12.7. The van der Waals surface area contributed by atoms with Crippen molar-refractivity contribution in [3.8, 4) is 0 Å². The zero-order valence-electron chi connectivity index (χ0n) is 10.7. The van der Waals surface area contributed by atoms with Crippen LogP contribution >= 0.6 is 0 Å². The molecule has 0 saturated heterocycles. The Balaban J connectivity index is 1.91. The summed E-state index contributed by atoms with van der Waals surface area (Å²) >= 11 is 0. The van der Waals surface area contributed by atoms with E-state index < -0.39 is 0 Å². The van der Waals surface area contributed by atoms with Gasteiger partial charge in [-0.25, -0.2) is 4.39 Å². The van der Waals surface area contributed by atoms with Gasteiger partial charge in [0, 0.05) is 11.8 Å². The molecule has 0 aliphatic rings. The zero-order valence-corrected chi connectivity index (χ0v) is 10.7. The molecule has 1 aromatic heterocycles. The Bertz CT molecular complexity index is 548. The fraction of sp³-hybridized carbons (Fsp3) is 0.286. The number of carbonyl (C=O) groups excluding carboxylic acids is 1. The third kappa shape index (κ3) is 3.91. The van der Waals surface area contributed by atoms with Gasteiger partial charge < -0.3 is 5.32 Å². The van der Waals surface area contributed by atoms with Crippen LogP contribution in [-0.4, -0.2) is 16.1 Å². The Labute approximate surface area is 111 Å². The Morgan fingerprint density at radius 3 is 2.79 bits per heavy atom. The SMILES string of the molecule is CCCc1cc(NC(=O)Cc2ccc(F)cc2)n[nH]1. The number of aromatic amines is 1. The molecule has 1 amide bonds. The summed E-state index contributed by atoms with van der Waals surface area (Å²) in [6.07, 6.45) is 2.13. The minimum absolute atomic E-state index is 0.166. The van der Waals surface area contributed by atoms with E-state index in [1.165, 1.54) is 12.1 Å². The van der Waals surface area contributed by atoms with Gasteiger partial charge in [0.05, 0.1) is 6.42 Å². The van der Waals surface area contributed by atoms with Crippen LogP contribution < -0.4 is 5.32 Å². The Hall–Kier alpha value is -2.17. The Kier molecular flexibility index (Phi) is 4.28. The lowest BCUT2D eigenvalue weighted by Crippen LogP contribution is -2.14. The summed E-state index contributed by atoms with van der Waals surface area (Å²) < 4.78 is 12.7. The van der Waals surface area contributed by atoms with Crippen molar-refractivity contribution in [2.75, 3.05) is 5.32 Å². The van der Waals surface area contributed by atoms with Crippen molar-refractivity contribution in [1.29, 1.82) is 0 Å². The average Bonchev–Trinajstić information content (AvgIpc) is 2.80. The Morgan fingerprint density at radius 2 is 2.11 bits per heavy atom. The molecule has 5 heteroatoms. The van der Waals surface area contributed by atoms with Crippen molar-refractivity contribution in [3.63, 3.8) is 0 Å². The third-order valence-corrected chi connectivity index (χ3v) is 2.70. The highest BCUT2D eigenvalue weighted by molar-refractivity contribution is 5.91. The number of carbonyl (C=O) groups is 1. The smallest absolute Gasteiger partial charge is 0.229 e. The van der Waals surface area contributed by atoms with E-state index in [0.29, 0.717) is 5.82 Å². The summed E-state index contributed by atoms with van der Waals surface area (Å²) in [7, 11) is 0. The fourth-order valence-electron chi connectivity index (χ4n) is 1.80. The summed E-state index contributed by atoms with van der Waals surface area (Å²) in [5, 5.41) is 9.59. The number of benzene rings is 1. The van der Waals surface area contributed by atoms with Crippen molar-refractivity contribution >= 4 is 11.7 Å². The lowest BCUT2D eigenvalue weighted by molar-refractivity contribution is -0.115. The molecule has 2 N–H and O–H groups in total. The van der Waals surface area contributed by atoms with Gasteiger partial charge in [0.15, 0.2) is 5.82 Å². The largest absolute Gasteiger partial charge is 0.309 e. The van der Waals surface area contributed by atoms with Gasteiger partial charge in [-0.1, -0.05) is 25.5 Å². The highest BCUT2D eigenvalue weighted by Gasteiger charge is 2.07. The number of H-pyrrole nitrogens is 1. The summed E-state index contributed by atoms with van der Waals surface area (Å²) in [6, 6.07) is 7.71. The predicted molar refractivity (Wildman–Crippen MR) is 71.3 cm³/mol. The van der Waals surface area contributed by atoms with E-state index in [2.05, 4.69) is 22.4 Å². The maximum Gasteiger partial charge on any atom is 0.229 e. The summed E-state index contributed by atoms with van der Waals surface area (Å²) in [5.74, 6) is 0.0531. The fourth-order valence-corrected chi connectivity index (χ4v) is 1.80. The second-order valence-corrected chi connectivity index (χ2v) is 4.38. The van der Waals surface area contributed by atoms with E-state index >= 15 is 0 Å². The molecule has 0 fully saturated rings. The first-order valence-corrected chi connectivity index (χ1v) is 6.26. The van der Waals surface area contributed by atoms with Gasteiger partial charge in [0.1, 0.15) is 5.82 Å². The summed E-state index contributed by atoms with van der Waals surface area (Å²) in [4.78, 5) is 11.8. The van der Waals surface area contributed by atoms with E-state index in [1.807, 2.05) is 6.07 Å². The maximum atomic E-state index is 12.7. The number of nitrogens with zero attached hydrogens (tertiary/aromatic N) is 1. The van der Waals surface area contributed by atoms with E-state index in [-0.39, 0.29) is 18.1 Å². The van der Waals surface area contributed by atoms with Gasteiger partial charge in [-0.2, -0.15) is 5.10 Å². The third-order valence-electron chi connectivity index (χ3n) is 2.70. The molecule has 1 aromatic carbocycles. The molecule has 0 unspecified atom stereocenters. The average molecular weight is 261 g/mol. The van der Waals surface area contributed by atoms with Gasteiger partial charge in [0.2, 0.25) is 5.91 Å². The number of rotatable bonds is 5. The van der Waals surface area contributed by atoms with Crippen molar-refractivity contribution in [3.05, 3.63) is 47.4 Å². The highest BCUT2D eigenvalue weighted by atomic mass is 19.1. The minimum Gasteiger partial charge on any atom is -0.309 e. The number of halogens is 1. The number of anilines is 1. The molecule has 100 valence electrons. The van der Waals surface area contributed by atoms with Gasteiger partial charge in [-0.05, 0) is 24.1 Å². The normalized spacial score (nSPS) is 10.4. The highest BCUT2D eigenvalue weighted by Crippen LogP contribution is 2.09. The lowest BCUT2D eigenvalue weighted by Gasteiger charge is -2.01. The van der Waals surface area contributed by atoms with E-state index in [9.17, 15) is 9.18 Å². The van der Waals surface area contributed by atoms with E-state index in [4.69, 9.17) is 0 Å². The molecule has 2 rings (SSSR count). The van der Waals surface area contributed by atoms with Crippen LogP contribution in [0.5, 0.6) is 0 Å². The Morgan fingerprint density at radius 1 is 1.37 bits per heavy atom. The van der Waals surface area contributed by atoms with Crippen LogP contribution in [0.3, 0.4) is 0 Å².